The highest BCUT2D eigenvalue weighted by Crippen LogP contribution is 2.06. The summed E-state index contributed by atoms with van der Waals surface area (Å²) in [6, 6.07) is 0. The molecule has 0 aromatic carbocycles. The lowest BCUT2D eigenvalue weighted by Crippen LogP contribution is -2.21. The van der Waals surface area contributed by atoms with Crippen molar-refractivity contribution in [3.8, 4) is 0 Å². The molecule has 0 aliphatic carbocycles. The van der Waals surface area contributed by atoms with Crippen LogP contribution in [0.3, 0.4) is 0 Å². The molecule has 0 fully saturated rings. The van der Waals surface area contributed by atoms with E-state index in [1.54, 1.807) is 6.92 Å². The van der Waals surface area contributed by atoms with Crippen LogP contribution in [0.4, 0.5) is 0 Å². The number of ketones is 2. The van der Waals surface area contributed by atoms with Gasteiger partial charge in [0, 0.05) is 12.8 Å². The summed E-state index contributed by atoms with van der Waals surface area (Å²) in [5.74, 6) is -1.06. The second-order valence-corrected chi connectivity index (χ2v) is 2.39. The highest BCUT2D eigenvalue weighted by Gasteiger charge is 2.20. The lowest BCUT2D eigenvalue weighted by Gasteiger charge is -2.05. The molecule has 0 radical (unpaired) electrons. The van der Waals surface area contributed by atoms with Gasteiger partial charge in [-0.15, -0.1) is 0 Å². The van der Waals surface area contributed by atoms with Gasteiger partial charge in [0.15, 0.2) is 0 Å². The van der Waals surface area contributed by atoms with Crippen molar-refractivity contribution in [3.05, 3.63) is 0 Å². The molecule has 0 saturated heterocycles. The van der Waals surface area contributed by atoms with Gasteiger partial charge in [-0.3, -0.25) is 9.59 Å². The molecule has 0 aromatic heterocycles. The van der Waals surface area contributed by atoms with Gasteiger partial charge in [-0.05, 0) is 6.92 Å². The van der Waals surface area contributed by atoms with Crippen LogP contribution < -0.4 is 0 Å². The Hall–Kier alpha value is -0.990. The highest BCUT2D eigenvalue weighted by molar-refractivity contribution is 6.02. The van der Waals surface area contributed by atoms with E-state index in [9.17, 15) is 14.4 Å². The van der Waals surface area contributed by atoms with Crippen molar-refractivity contribution in [1.82, 2.24) is 0 Å². The van der Waals surface area contributed by atoms with Gasteiger partial charge in [0.2, 0.25) is 0 Å². The summed E-state index contributed by atoms with van der Waals surface area (Å²) in [6.07, 6.45) is 0.958. The Morgan fingerprint density at radius 1 is 1.45 bits per heavy atom. The first kappa shape index (κ1) is 10.0. The van der Waals surface area contributed by atoms with Crippen molar-refractivity contribution < 1.29 is 14.4 Å². The monoisotopic (exact) mass is 156 g/mol. The number of hydrogen-bond donors (Lipinski definition) is 0. The highest BCUT2D eigenvalue weighted by atomic mass is 16.2. The summed E-state index contributed by atoms with van der Waals surface area (Å²) < 4.78 is 0. The largest absolute Gasteiger partial charge is 0.303 e. The van der Waals surface area contributed by atoms with E-state index in [0.29, 0.717) is 12.7 Å². The zero-order chi connectivity index (χ0) is 8.85. The Balaban J connectivity index is 4.20. The topological polar surface area (TPSA) is 51.2 Å². The maximum absolute atomic E-state index is 11.0. The van der Waals surface area contributed by atoms with E-state index >= 15 is 0 Å². The fourth-order valence-electron chi connectivity index (χ4n) is 0.867. The fourth-order valence-corrected chi connectivity index (χ4v) is 0.867. The summed E-state index contributed by atoms with van der Waals surface area (Å²) >= 11 is 0. The summed E-state index contributed by atoms with van der Waals surface area (Å²) in [7, 11) is 0. The Morgan fingerprint density at radius 2 is 2.00 bits per heavy atom. The Morgan fingerprint density at radius 3 is 2.27 bits per heavy atom. The van der Waals surface area contributed by atoms with E-state index in [0.717, 1.165) is 0 Å². The number of rotatable bonds is 5. The van der Waals surface area contributed by atoms with Gasteiger partial charge in [0.1, 0.15) is 17.9 Å². The van der Waals surface area contributed by atoms with E-state index in [1.165, 1.54) is 6.92 Å². The smallest absolute Gasteiger partial charge is 0.143 e. The molecule has 0 bridgehead atoms. The molecule has 3 nitrogen and oxygen atoms in total. The molecule has 1 unspecified atom stereocenters. The fraction of sp³-hybridized carbons (Fsp3) is 0.625. The van der Waals surface area contributed by atoms with Crippen molar-refractivity contribution in [3.63, 3.8) is 0 Å². The second kappa shape index (κ2) is 4.77. The first-order chi connectivity index (χ1) is 5.13. The van der Waals surface area contributed by atoms with Crippen molar-refractivity contribution >= 4 is 17.9 Å². The summed E-state index contributed by atoms with van der Waals surface area (Å²) in [5.41, 5.74) is 0. The van der Waals surface area contributed by atoms with Crippen molar-refractivity contribution in [2.75, 3.05) is 0 Å². The summed E-state index contributed by atoms with van der Waals surface area (Å²) in [5, 5.41) is 0. The van der Waals surface area contributed by atoms with Crippen LogP contribution in [0.5, 0.6) is 0 Å². The first-order valence-corrected chi connectivity index (χ1v) is 3.60. The van der Waals surface area contributed by atoms with Crippen LogP contribution in [0, 0.1) is 5.92 Å². The molecule has 0 spiro atoms. The summed E-state index contributed by atoms with van der Waals surface area (Å²) in [4.78, 5) is 31.8. The van der Waals surface area contributed by atoms with Crippen LogP contribution >= 0.6 is 0 Å². The third-order valence-corrected chi connectivity index (χ3v) is 1.56. The van der Waals surface area contributed by atoms with Gasteiger partial charge >= 0.3 is 0 Å². The van der Waals surface area contributed by atoms with Crippen LogP contribution in [0.25, 0.3) is 0 Å². The van der Waals surface area contributed by atoms with Crippen molar-refractivity contribution in [1.29, 1.82) is 0 Å². The summed E-state index contributed by atoms with van der Waals surface area (Å²) in [6.45, 7) is 3.02. The molecule has 1 atom stereocenters. The van der Waals surface area contributed by atoms with Crippen LogP contribution in [0.2, 0.25) is 0 Å². The van der Waals surface area contributed by atoms with Crippen LogP contribution in [-0.2, 0) is 14.4 Å². The average Bonchev–Trinajstić information content (AvgIpc) is 1.98. The molecule has 0 rings (SSSR count). The van der Waals surface area contributed by atoms with E-state index < -0.39 is 5.92 Å². The SMILES string of the molecule is CCC(=O)C(CC=O)C(C)=O. The van der Waals surface area contributed by atoms with Gasteiger partial charge < -0.3 is 4.79 Å². The predicted molar refractivity (Wildman–Crippen MR) is 40.2 cm³/mol. The Bertz CT molecular complexity index is 172. The Kier molecular flexibility index (Phi) is 4.34. The minimum atomic E-state index is -0.697. The van der Waals surface area contributed by atoms with Gasteiger partial charge in [-0.1, -0.05) is 6.92 Å². The zero-order valence-electron chi connectivity index (χ0n) is 6.79. The van der Waals surface area contributed by atoms with Gasteiger partial charge in [0.05, 0.1) is 5.92 Å². The van der Waals surface area contributed by atoms with E-state index in [2.05, 4.69) is 0 Å². The number of carbonyl (C=O) groups is 3. The molecule has 0 aromatic rings. The van der Waals surface area contributed by atoms with Crippen molar-refractivity contribution in [2.24, 2.45) is 5.92 Å². The van der Waals surface area contributed by atoms with Crippen LogP contribution in [-0.4, -0.2) is 17.9 Å². The van der Waals surface area contributed by atoms with Gasteiger partial charge in [-0.25, -0.2) is 0 Å². The molecule has 0 heterocycles. The molecular formula is C8H12O3. The van der Waals surface area contributed by atoms with Crippen LogP contribution in [0.1, 0.15) is 26.7 Å². The van der Waals surface area contributed by atoms with Crippen molar-refractivity contribution in [2.45, 2.75) is 26.7 Å². The number of hydrogen-bond acceptors (Lipinski definition) is 3. The lowest BCUT2D eigenvalue weighted by molar-refractivity contribution is -0.133. The Labute approximate surface area is 65.8 Å². The quantitative estimate of drug-likeness (QED) is 0.436. The molecule has 11 heavy (non-hydrogen) atoms. The van der Waals surface area contributed by atoms with E-state index in [4.69, 9.17) is 0 Å². The zero-order valence-corrected chi connectivity index (χ0v) is 6.79. The van der Waals surface area contributed by atoms with Crippen LogP contribution in [0.15, 0.2) is 0 Å². The molecule has 0 aliphatic rings. The third kappa shape index (κ3) is 3.07. The maximum Gasteiger partial charge on any atom is 0.143 e. The molecule has 0 N–H and O–H groups in total. The molecule has 3 heteroatoms. The molecule has 62 valence electrons. The molecular weight excluding hydrogens is 144 g/mol. The maximum atomic E-state index is 11.0. The number of carbonyl (C=O) groups excluding carboxylic acids is 3. The third-order valence-electron chi connectivity index (χ3n) is 1.56. The standard InChI is InChI=1S/C8H12O3/c1-3-8(11)7(4-5-9)6(2)10/h5,7H,3-4H2,1-2H3. The second-order valence-electron chi connectivity index (χ2n) is 2.39. The predicted octanol–water partition coefficient (Wildman–Crippen LogP) is 0.760. The van der Waals surface area contributed by atoms with Gasteiger partial charge in [-0.2, -0.15) is 0 Å². The van der Waals surface area contributed by atoms with E-state index in [-0.39, 0.29) is 18.0 Å². The minimum Gasteiger partial charge on any atom is -0.303 e. The average molecular weight is 156 g/mol. The number of aldehydes is 1. The molecule has 0 amide bonds. The minimum absolute atomic E-state index is 0.0298. The first-order valence-electron chi connectivity index (χ1n) is 3.60. The number of Topliss-reactive ketones (excluding diaryl/α,β-unsaturated/α-hetero) is 2. The lowest BCUT2D eigenvalue weighted by atomic mass is 9.95. The normalized spacial score (nSPS) is 12.2. The molecule has 0 aliphatic heterocycles. The molecule has 0 saturated carbocycles. The van der Waals surface area contributed by atoms with E-state index in [1.807, 2.05) is 0 Å². The van der Waals surface area contributed by atoms with Gasteiger partial charge in [0.25, 0.3) is 0 Å².